The molecule has 56 heavy (non-hydrogen) atoms. The maximum Gasteiger partial charge on any atom is 0.166 e. The van der Waals surface area contributed by atoms with Gasteiger partial charge in [0.2, 0.25) is 0 Å². The molecule has 11 aromatic rings. The number of hydrogen-bond donors (Lipinski definition) is 0. The van der Waals surface area contributed by atoms with E-state index in [9.17, 15) is 0 Å². The van der Waals surface area contributed by atoms with E-state index in [1.807, 2.05) is 48.7 Å². The van der Waals surface area contributed by atoms with Crippen LogP contribution in [0.25, 0.3) is 110 Å². The van der Waals surface area contributed by atoms with Crippen molar-refractivity contribution >= 4 is 53.4 Å². The Hall–Kier alpha value is -7.28. The number of thiophene rings is 1. The van der Waals surface area contributed by atoms with Crippen molar-refractivity contribution in [3.63, 3.8) is 0 Å². The number of hydrogen-bond acceptors (Lipinski definition) is 6. The molecule has 0 aliphatic rings. The van der Waals surface area contributed by atoms with Gasteiger partial charge in [-0.15, -0.1) is 11.3 Å². The van der Waals surface area contributed by atoms with Crippen LogP contribution in [0.2, 0.25) is 0 Å². The standard InChI is InChI=1S/C50H30N4OS/c1-3-12-31(13-4-1)35-26-36(32-14-5-2-6-15-32)28-37(27-35)49-52-48(34-21-23-39-38-16-7-9-19-43(38)55-44(39)30-34)53-50(54-49)41-18-11-25-51-47(41)33-22-24-46-42(29-33)40-17-8-10-20-45(40)56-46/h1-30H. The molecule has 0 amide bonds. The predicted octanol–water partition coefficient (Wildman–Crippen LogP) is 13.5. The average molecular weight is 735 g/mol. The molecule has 0 unspecified atom stereocenters. The fraction of sp³-hybridized carbons (Fsp3) is 0. The quantitative estimate of drug-likeness (QED) is 0.170. The molecule has 0 radical (unpaired) electrons. The Balaban J connectivity index is 1.14. The van der Waals surface area contributed by atoms with Gasteiger partial charge in [0.15, 0.2) is 17.5 Å². The molecule has 11 rings (SSSR count). The highest BCUT2D eigenvalue weighted by Gasteiger charge is 2.19. The zero-order valence-corrected chi connectivity index (χ0v) is 30.7. The normalized spacial score (nSPS) is 11.6. The third kappa shape index (κ3) is 5.63. The number of benzene rings is 7. The first kappa shape index (κ1) is 32.2. The van der Waals surface area contributed by atoms with Crippen LogP contribution in [0.1, 0.15) is 0 Å². The Bertz CT molecular complexity index is 3200. The molecule has 0 fully saturated rings. The van der Waals surface area contributed by atoms with Crippen LogP contribution in [0.15, 0.2) is 187 Å². The van der Waals surface area contributed by atoms with Gasteiger partial charge in [-0.2, -0.15) is 0 Å². The van der Waals surface area contributed by atoms with Crippen molar-refractivity contribution in [3.8, 4) is 67.7 Å². The minimum absolute atomic E-state index is 0.541. The molecule has 4 heterocycles. The smallest absolute Gasteiger partial charge is 0.166 e. The van der Waals surface area contributed by atoms with E-state index in [4.69, 9.17) is 24.4 Å². The van der Waals surface area contributed by atoms with Crippen LogP contribution < -0.4 is 0 Å². The zero-order chi connectivity index (χ0) is 37.0. The highest BCUT2D eigenvalue weighted by Crippen LogP contribution is 2.39. The first-order chi connectivity index (χ1) is 27.7. The minimum atomic E-state index is 0.541. The number of nitrogens with zero attached hydrogens (tertiary/aromatic N) is 4. The van der Waals surface area contributed by atoms with Gasteiger partial charge in [0, 0.05) is 59.4 Å². The summed E-state index contributed by atoms with van der Waals surface area (Å²) >= 11 is 1.81. The van der Waals surface area contributed by atoms with E-state index in [-0.39, 0.29) is 0 Å². The van der Waals surface area contributed by atoms with E-state index in [0.29, 0.717) is 17.5 Å². The minimum Gasteiger partial charge on any atom is -0.456 e. The summed E-state index contributed by atoms with van der Waals surface area (Å²) in [6, 6.07) is 60.9. The molecule has 0 saturated carbocycles. The molecule has 0 spiro atoms. The molecule has 0 atom stereocenters. The van der Waals surface area contributed by atoms with Crippen molar-refractivity contribution < 1.29 is 4.42 Å². The third-order valence-corrected chi connectivity index (χ3v) is 11.5. The van der Waals surface area contributed by atoms with Crippen molar-refractivity contribution in [2.45, 2.75) is 0 Å². The van der Waals surface area contributed by atoms with Crippen LogP contribution in [0.4, 0.5) is 0 Å². The Morgan fingerprint density at radius 2 is 0.964 bits per heavy atom. The van der Waals surface area contributed by atoms with Gasteiger partial charge in [0.1, 0.15) is 11.2 Å². The van der Waals surface area contributed by atoms with Crippen molar-refractivity contribution in [1.29, 1.82) is 0 Å². The molecule has 0 aliphatic heterocycles. The van der Waals surface area contributed by atoms with Crippen LogP contribution in [0, 0.1) is 0 Å². The largest absolute Gasteiger partial charge is 0.456 e. The lowest BCUT2D eigenvalue weighted by atomic mass is 9.96. The summed E-state index contributed by atoms with van der Waals surface area (Å²) in [5, 5.41) is 4.58. The van der Waals surface area contributed by atoms with Crippen LogP contribution in [0.5, 0.6) is 0 Å². The lowest BCUT2D eigenvalue weighted by molar-refractivity contribution is 0.669. The van der Waals surface area contributed by atoms with E-state index in [1.165, 1.54) is 20.2 Å². The van der Waals surface area contributed by atoms with Crippen LogP contribution >= 0.6 is 11.3 Å². The fourth-order valence-corrected chi connectivity index (χ4v) is 8.75. The maximum atomic E-state index is 6.33. The second-order valence-corrected chi connectivity index (χ2v) is 14.9. The Kier molecular flexibility index (Phi) is 7.60. The van der Waals surface area contributed by atoms with Gasteiger partial charge in [0.05, 0.1) is 5.69 Å². The van der Waals surface area contributed by atoms with Gasteiger partial charge in [-0.05, 0) is 89.0 Å². The number of aromatic nitrogens is 4. The summed E-state index contributed by atoms with van der Waals surface area (Å²) in [6.07, 6.45) is 1.84. The summed E-state index contributed by atoms with van der Waals surface area (Å²) in [5.41, 5.74) is 10.4. The molecule has 262 valence electrons. The second-order valence-electron chi connectivity index (χ2n) is 13.9. The van der Waals surface area contributed by atoms with E-state index in [2.05, 4.69) is 133 Å². The van der Waals surface area contributed by atoms with Gasteiger partial charge >= 0.3 is 0 Å². The summed E-state index contributed by atoms with van der Waals surface area (Å²) in [5.74, 6) is 1.66. The zero-order valence-electron chi connectivity index (χ0n) is 29.9. The summed E-state index contributed by atoms with van der Waals surface area (Å²) < 4.78 is 8.84. The van der Waals surface area contributed by atoms with Gasteiger partial charge in [-0.25, -0.2) is 15.0 Å². The Morgan fingerprint density at radius 3 is 1.75 bits per heavy atom. The number of pyridine rings is 1. The summed E-state index contributed by atoms with van der Waals surface area (Å²) in [6.45, 7) is 0. The number of fused-ring (bicyclic) bond motifs is 6. The maximum absolute atomic E-state index is 6.33. The first-order valence-corrected chi connectivity index (χ1v) is 19.3. The van der Waals surface area contributed by atoms with E-state index >= 15 is 0 Å². The molecule has 0 N–H and O–H groups in total. The van der Waals surface area contributed by atoms with E-state index < -0.39 is 0 Å². The highest BCUT2D eigenvalue weighted by atomic mass is 32.1. The van der Waals surface area contributed by atoms with Crippen LogP contribution in [0.3, 0.4) is 0 Å². The van der Waals surface area contributed by atoms with Crippen molar-refractivity contribution in [2.75, 3.05) is 0 Å². The second kappa shape index (κ2) is 13.2. The molecule has 7 aromatic carbocycles. The summed E-state index contributed by atoms with van der Waals surface area (Å²) in [7, 11) is 0. The molecular formula is C50H30N4OS. The Labute approximate surface area is 326 Å². The fourth-order valence-electron chi connectivity index (χ4n) is 7.66. The molecule has 6 heteroatoms. The van der Waals surface area contributed by atoms with Crippen molar-refractivity contribution in [1.82, 2.24) is 19.9 Å². The molecule has 5 nitrogen and oxygen atoms in total. The number of para-hydroxylation sites is 1. The topological polar surface area (TPSA) is 64.7 Å². The van der Waals surface area contributed by atoms with Crippen molar-refractivity contribution in [3.05, 3.63) is 182 Å². The van der Waals surface area contributed by atoms with Crippen LogP contribution in [-0.4, -0.2) is 19.9 Å². The monoisotopic (exact) mass is 734 g/mol. The van der Waals surface area contributed by atoms with Gasteiger partial charge in [-0.1, -0.05) is 109 Å². The first-order valence-electron chi connectivity index (χ1n) is 18.5. The van der Waals surface area contributed by atoms with E-state index in [0.717, 1.165) is 72.1 Å². The number of furan rings is 1. The summed E-state index contributed by atoms with van der Waals surface area (Å²) in [4.78, 5) is 20.7. The number of rotatable bonds is 6. The van der Waals surface area contributed by atoms with Gasteiger partial charge in [-0.3, -0.25) is 4.98 Å². The van der Waals surface area contributed by atoms with E-state index in [1.54, 1.807) is 11.3 Å². The highest BCUT2D eigenvalue weighted by molar-refractivity contribution is 7.25. The molecule has 0 aliphatic carbocycles. The molecular weight excluding hydrogens is 705 g/mol. The van der Waals surface area contributed by atoms with Crippen LogP contribution in [-0.2, 0) is 0 Å². The molecule has 0 bridgehead atoms. The lowest BCUT2D eigenvalue weighted by Crippen LogP contribution is -2.02. The van der Waals surface area contributed by atoms with Crippen molar-refractivity contribution in [2.24, 2.45) is 0 Å². The molecule has 4 aromatic heterocycles. The Morgan fingerprint density at radius 1 is 0.357 bits per heavy atom. The predicted molar refractivity (Wildman–Crippen MR) is 230 cm³/mol. The van der Waals surface area contributed by atoms with Gasteiger partial charge in [0.25, 0.3) is 0 Å². The molecule has 0 saturated heterocycles. The average Bonchev–Trinajstić information content (AvgIpc) is 3.84. The lowest BCUT2D eigenvalue weighted by Gasteiger charge is -2.13. The van der Waals surface area contributed by atoms with Gasteiger partial charge < -0.3 is 4.42 Å². The third-order valence-electron chi connectivity index (χ3n) is 10.4. The SMILES string of the molecule is c1ccc(-c2cc(-c3ccccc3)cc(-c3nc(-c4ccc5c(c4)oc4ccccc45)nc(-c4cccnc4-c4ccc5sc6ccccc6c5c4)n3)c2)cc1.